The van der Waals surface area contributed by atoms with E-state index >= 15 is 0 Å². The molecule has 0 amide bonds. The largest absolute Gasteiger partial charge is 0.488 e. The molecule has 0 aliphatic rings. The first-order valence-electron chi connectivity index (χ1n) is 4.05. The summed E-state index contributed by atoms with van der Waals surface area (Å²) in [6, 6.07) is 0. The number of aliphatic hydroxyl groups is 1. The first-order valence-corrected chi connectivity index (χ1v) is 4.05. The monoisotopic (exact) mass is 170 g/mol. The molecule has 0 radical (unpaired) electrons. The predicted molar refractivity (Wildman–Crippen MR) is 45.1 cm³/mol. The molecule has 0 aromatic carbocycles. The van der Waals surface area contributed by atoms with Gasteiger partial charge in [0.2, 0.25) is 0 Å². The molecule has 1 N–H and O–H groups in total. The molecule has 0 saturated carbocycles. The quantitative estimate of drug-likeness (QED) is 0.722. The van der Waals surface area contributed by atoms with E-state index in [1.165, 1.54) is 0 Å². The fourth-order valence-electron chi connectivity index (χ4n) is 0.809. The fraction of sp³-hybridized carbons (Fsp3) is 0.625. The molecule has 68 valence electrons. The van der Waals surface area contributed by atoms with Crippen molar-refractivity contribution in [2.75, 3.05) is 6.61 Å². The number of aryl methyl sites for hydroxylation is 1. The maximum absolute atomic E-state index is 8.93. The predicted octanol–water partition coefficient (Wildman–Crippen LogP) is 0.663. The van der Waals surface area contributed by atoms with E-state index in [0.29, 0.717) is 12.4 Å². The smallest absolute Gasteiger partial charge is 0.157 e. The van der Waals surface area contributed by atoms with E-state index in [-0.39, 0.29) is 0 Å². The van der Waals surface area contributed by atoms with E-state index in [2.05, 4.69) is 5.10 Å². The van der Waals surface area contributed by atoms with Crippen LogP contribution in [0.1, 0.15) is 13.8 Å². The van der Waals surface area contributed by atoms with Crippen LogP contribution >= 0.6 is 0 Å². The molecule has 4 heteroatoms. The van der Waals surface area contributed by atoms with Gasteiger partial charge in [-0.1, -0.05) is 0 Å². The van der Waals surface area contributed by atoms with Gasteiger partial charge in [0.25, 0.3) is 0 Å². The van der Waals surface area contributed by atoms with E-state index in [0.717, 1.165) is 6.54 Å². The van der Waals surface area contributed by atoms with Crippen LogP contribution in [-0.4, -0.2) is 27.6 Å². The van der Waals surface area contributed by atoms with Gasteiger partial charge >= 0.3 is 0 Å². The summed E-state index contributed by atoms with van der Waals surface area (Å²) in [5.74, 6) is 0.706. The van der Waals surface area contributed by atoms with Crippen molar-refractivity contribution < 1.29 is 9.84 Å². The Morgan fingerprint density at radius 2 is 2.50 bits per heavy atom. The average Bonchev–Trinajstić information content (AvgIpc) is 2.48. The third kappa shape index (κ3) is 2.54. The van der Waals surface area contributed by atoms with E-state index in [4.69, 9.17) is 9.84 Å². The maximum atomic E-state index is 8.93. The molecular formula is C8H14N2O2. The molecule has 1 aromatic heterocycles. The molecule has 1 aromatic rings. The Labute approximate surface area is 71.8 Å². The summed E-state index contributed by atoms with van der Waals surface area (Å²) in [7, 11) is 0. The van der Waals surface area contributed by atoms with Gasteiger partial charge < -0.3 is 9.84 Å². The molecule has 12 heavy (non-hydrogen) atoms. The third-order valence-corrected chi connectivity index (χ3v) is 1.42. The molecule has 4 nitrogen and oxygen atoms in total. The number of hydrogen-bond donors (Lipinski definition) is 1. The molecule has 0 aliphatic heterocycles. The zero-order valence-electron chi connectivity index (χ0n) is 7.40. The van der Waals surface area contributed by atoms with Crippen LogP contribution in [0.25, 0.3) is 0 Å². The van der Waals surface area contributed by atoms with Crippen molar-refractivity contribution in [2.45, 2.75) is 26.5 Å². The summed E-state index contributed by atoms with van der Waals surface area (Å²) in [5, 5.41) is 12.9. The number of aliphatic hydroxyl groups excluding tert-OH is 1. The third-order valence-electron chi connectivity index (χ3n) is 1.42. The number of ether oxygens (including phenoxy) is 1. The number of hydrogen-bond acceptors (Lipinski definition) is 3. The van der Waals surface area contributed by atoms with Crippen LogP contribution in [0.15, 0.2) is 12.4 Å². The van der Waals surface area contributed by atoms with Gasteiger partial charge in [-0.15, -0.1) is 0 Å². The summed E-state index contributed by atoms with van der Waals surface area (Å²) in [6.45, 7) is 4.84. The molecule has 1 atom stereocenters. The van der Waals surface area contributed by atoms with Crippen molar-refractivity contribution in [3.8, 4) is 5.75 Å². The molecule has 0 spiro atoms. The summed E-state index contributed by atoms with van der Waals surface area (Å²) < 4.78 is 6.99. The minimum absolute atomic E-state index is 0.315. The minimum Gasteiger partial charge on any atom is -0.488 e. The molecule has 0 bridgehead atoms. The van der Waals surface area contributed by atoms with Gasteiger partial charge in [0.05, 0.1) is 18.5 Å². The van der Waals surface area contributed by atoms with Gasteiger partial charge in [0.1, 0.15) is 6.61 Å². The zero-order valence-corrected chi connectivity index (χ0v) is 7.40. The number of nitrogens with zero attached hydrogens (tertiary/aromatic N) is 2. The summed E-state index contributed by atoms with van der Waals surface area (Å²) in [4.78, 5) is 0. The van der Waals surface area contributed by atoms with Crippen molar-refractivity contribution in [3.63, 3.8) is 0 Å². The van der Waals surface area contributed by atoms with Crippen LogP contribution < -0.4 is 4.74 Å². The van der Waals surface area contributed by atoms with Gasteiger partial charge in [-0.3, -0.25) is 4.68 Å². The van der Waals surface area contributed by atoms with Crippen LogP contribution in [0.2, 0.25) is 0 Å². The summed E-state index contributed by atoms with van der Waals surface area (Å²) >= 11 is 0. The Balaban J connectivity index is 2.41. The van der Waals surface area contributed by atoms with Gasteiger partial charge in [0.15, 0.2) is 5.75 Å². The fourth-order valence-corrected chi connectivity index (χ4v) is 0.809. The van der Waals surface area contributed by atoms with Crippen molar-refractivity contribution >= 4 is 0 Å². The second-order valence-corrected chi connectivity index (χ2v) is 2.69. The van der Waals surface area contributed by atoms with Gasteiger partial charge in [-0.05, 0) is 13.8 Å². The Morgan fingerprint density at radius 3 is 3.00 bits per heavy atom. The van der Waals surface area contributed by atoms with Crippen molar-refractivity contribution in [2.24, 2.45) is 0 Å². The van der Waals surface area contributed by atoms with E-state index in [1.54, 1.807) is 17.8 Å². The Kier molecular flexibility index (Phi) is 3.10. The van der Waals surface area contributed by atoms with Crippen LogP contribution in [-0.2, 0) is 6.54 Å². The highest BCUT2D eigenvalue weighted by Crippen LogP contribution is 2.07. The highest BCUT2D eigenvalue weighted by Gasteiger charge is 1.99. The standard InChI is InChI=1S/C8H14N2O2/c1-3-10-5-8(4-9-10)12-6-7(2)11/h4-5,7,11H,3,6H2,1-2H3/t7-/m0/s1. The first-order chi connectivity index (χ1) is 5.72. The molecule has 0 saturated heterocycles. The zero-order chi connectivity index (χ0) is 8.97. The molecular weight excluding hydrogens is 156 g/mol. The van der Waals surface area contributed by atoms with Crippen molar-refractivity contribution in [3.05, 3.63) is 12.4 Å². The highest BCUT2D eigenvalue weighted by atomic mass is 16.5. The summed E-state index contributed by atoms with van der Waals surface area (Å²) in [6.07, 6.45) is 3.02. The maximum Gasteiger partial charge on any atom is 0.157 e. The number of aromatic nitrogens is 2. The topological polar surface area (TPSA) is 47.3 Å². The first kappa shape index (κ1) is 9.06. The lowest BCUT2D eigenvalue weighted by Crippen LogP contribution is -2.12. The van der Waals surface area contributed by atoms with Gasteiger partial charge in [-0.2, -0.15) is 5.10 Å². The van der Waals surface area contributed by atoms with E-state index in [1.807, 2.05) is 13.1 Å². The van der Waals surface area contributed by atoms with Crippen LogP contribution in [0, 0.1) is 0 Å². The van der Waals surface area contributed by atoms with Crippen molar-refractivity contribution in [1.29, 1.82) is 0 Å². The van der Waals surface area contributed by atoms with Crippen LogP contribution in [0.4, 0.5) is 0 Å². The second-order valence-electron chi connectivity index (χ2n) is 2.69. The lowest BCUT2D eigenvalue weighted by molar-refractivity contribution is 0.122. The molecule has 1 heterocycles. The minimum atomic E-state index is -0.435. The van der Waals surface area contributed by atoms with E-state index in [9.17, 15) is 0 Å². The molecule has 1 rings (SSSR count). The normalized spacial score (nSPS) is 12.9. The highest BCUT2D eigenvalue weighted by molar-refractivity contribution is 5.11. The van der Waals surface area contributed by atoms with Crippen LogP contribution in [0.5, 0.6) is 5.75 Å². The van der Waals surface area contributed by atoms with E-state index < -0.39 is 6.10 Å². The number of rotatable bonds is 4. The molecule has 0 aliphatic carbocycles. The van der Waals surface area contributed by atoms with Crippen molar-refractivity contribution in [1.82, 2.24) is 9.78 Å². The average molecular weight is 170 g/mol. The SMILES string of the molecule is CCn1cc(OC[C@H](C)O)cn1. The summed E-state index contributed by atoms with van der Waals surface area (Å²) in [5.41, 5.74) is 0. The lowest BCUT2D eigenvalue weighted by Gasteiger charge is -2.04. The second kappa shape index (κ2) is 4.11. The molecule has 0 unspecified atom stereocenters. The Morgan fingerprint density at radius 1 is 1.75 bits per heavy atom. The Hall–Kier alpha value is -1.03. The van der Waals surface area contributed by atoms with Crippen LogP contribution in [0.3, 0.4) is 0 Å². The van der Waals surface area contributed by atoms with Gasteiger partial charge in [-0.25, -0.2) is 0 Å². The molecule has 0 fully saturated rings. The van der Waals surface area contributed by atoms with Gasteiger partial charge in [0, 0.05) is 6.54 Å². The Bertz CT molecular complexity index is 233. The lowest BCUT2D eigenvalue weighted by atomic mass is 10.4.